The summed E-state index contributed by atoms with van der Waals surface area (Å²) in [6, 6.07) is 6.55. The van der Waals surface area contributed by atoms with E-state index in [-0.39, 0.29) is 12.4 Å². The van der Waals surface area contributed by atoms with Gasteiger partial charge in [0.25, 0.3) is 0 Å². The minimum atomic E-state index is -0.872. The van der Waals surface area contributed by atoms with Gasteiger partial charge in [-0.05, 0) is 6.07 Å². The number of halogens is 1. The van der Waals surface area contributed by atoms with E-state index >= 15 is 0 Å². The molecule has 0 saturated heterocycles. The van der Waals surface area contributed by atoms with Crippen molar-refractivity contribution < 1.29 is 14.6 Å². The third-order valence-electron chi connectivity index (χ3n) is 2.19. The van der Waals surface area contributed by atoms with Gasteiger partial charge in [-0.1, -0.05) is 18.2 Å². The van der Waals surface area contributed by atoms with Gasteiger partial charge in [0.2, 0.25) is 0 Å². The summed E-state index contributed by atoms with van der Waals surface area (Å²) >= 11 is 0. The SMILES string of the molecule is Cl.O=C(O)C1NCCOc2ccccc21. The molecule has 1 heterocycles. The minimum Gasteiger partial charge on any atom is -0.492 e. The Bertz CT molecular complexity index is 356. The van der Waals surface area contributed by atoms with Crippen molar-refractivity contribution in [1.29, 1.82) is 0 Å². The van der Waals surface area contributed by atoms with Gasteiger partial charge in [0.15, 0.2) is 0 Å². The monoisotopic (exact) mass is 229 g/mol. The number of nitrogens with one attached hydrogen (secondary N) is 1. The topological polar surface area (TPSA) is 58.6 Å². The number of ether oxygens (including phenoxy) is 1. The van der Waals surface area contributed by atoms with Crippen LogP contribution < -0.4 is 10.1 Å². The molecule has 5 heteroatoms. The van der Waals surface area contributed by atoms with Gasteiger partial charge in [-0.2, -0.15) is 0 Å². The summed E-state index contributed by atoms with van der Waals surface area (Å²) < 4.78 is 5.40. The number of hydrogen-bond acceptors (Lipinski definition) is 3. The van der Waals surface area contributed by atoms with Crippen molar-refractivity contribution in [2.45, 2.75) is 6.04 Å². The molecule has 0 aliphatic carbocycles. The first kappa shape index (κ1) is 11.8. The largest absolute Gasteiger partial charge is 0.492 e. The molecule has 0 spiro atoms. The summed E-state index contributed by atoms with van der Waals surface area (Å²) in [6.45, 7) is 1.05. The van der Waals surface area contributed by atoms with Crippen LogP contribution in [0, 0.1) is 0 Å². The quantitative estimate of drug-likeness (QED) is 0.760. The Kier molecular flexibility index (Phi) is 3.94. The van der Waals surface area contributed by atoms with Crippen molar-refractivity contribution in [3.8, 4) is 5.75 Å². The van der Waals surface area contributed by atoms with Crippen LogP contribution in [0.2, 0.25) is 0 Å². The molecule has 0 amide bonds. The van der Waals surface area contributed by atoms with Crippen LogP contribution in [0.15, 0.2) is 24.3 Å². The molecule has 2 N–H and O–H groups in total. The smallest absolute Gasteiger partial charge is 0.325 e. The summed E-state index contributed by atoms with van der Waals surface area (Å²) in [4.78, 5) is 11.0. The van der Waals surface area contributed by atoms with Crippen LogP contribution in [0.1, 0.15) is 11.6 Å². The Balaban J connectivity index is 0.00000112. The molecular formula is C10H12ClNO3. The predicted octanol–water partition coefficient (Wildman–Crippen LogP) is 1.22. The number of rotatable bonds is 1. The van der Waals surface area contributed by atoms with Crippen molar-refractivity contribution in [3.63, 3.8) is 0 Å². The molecule has 1 unspecified atom stereocenters. The molecule has 0 saturated carbocycles. The maximum atomic E-state index is 11.0. The van der Waals surface area contributed by atoms with Crippen molar-refractivity contribution >= 4 is 18.4 Å². The second kappa shape index (κ2) is 5.00. The molecule has 0 bridgehead atoms. The Morgan fingerprint density at radius 2 is 2.20 bits per heavy atom. The zero-order chi connectivity index (χ0) is 9.97. The van der Waals surface area contributed by atoms with Gasteiger partial charge in [-0.3, -0.25) is 10.1 Å². The van der Waals surface area contributed by atoms with Gasteiger partial charge in [-0.25, -0.2) is 0 Å². The van der Waals surface area contributed by atoms with Crippen molar-refractivity contribution in [2.75, 3.05) is 13.2 Å². The van der Waals surface area contributed by atoms with E-state index in [1.54, 1.807) is 12.1 Å². The van der Waals surface area contributed by atoms with Crippen LogP contribution in [0.3, 0.4) is 0 Å². The van der Waals surface area contributed by atoms with Crippen LogP contribution >= 0.6 is 12.4 Å². The molecule has 1 aromatic rings. The number of para-hydroxylation sites is 1. The van der Waals surface area contributed by atoms with Gasteiger partial charge in [0.05, 0.1) is 0 Å². The highest BCUT2D eigenvalue weighted by molar-refractivity contribution is 5.85. The van der Waals surface area contributed by atoms with E-state index in [0.29, 0.717) is 24.5 Å². The van der Waals surface area contributed by atoms with E-state index in [1.807, 2.05) is 12.1 Å². The lowest BCUT2D eigenvalue weighted by Crippen LogP contribution is -2.29. The molecule has 15 heavy (non-hydrogen) atoms. The fraction of sp³-hybridized carbons (Fsp3) is 0.300. The highest BCUT2D eigenvalue weighted by atomic mass is 35.5. The van der Waals surface area contributed by atoms with Crippen LogP contribution in [0.5, 0.6) is 5.75 Å². The minimum absolute atomic E-state index is 0. The van der Waals surface area contributed by atoms with Crippen LogP contribution in [0.4, 0.5) is 0 Å². The Hall–Kier alpha value is -1.26. The summed E-state index contributed by atoms with van der Waals surface area (Å²) in [5, 5.41) is 11.9. The molecule has 2 rings (SSSR count). The molecule has 1 aliphatic rings. The maximum Gasteiger partial charge on any atom is 0.325 e. The molecule has 1 aliphatic heterocycles. The zero-order valence-electron chi connectivity index (χ0n) is 7.97. The second-order valence-corrected chi connectivity index (χ2v) is 3.11. The van der Waals surface area contributed by atoms with Crippen molar-refractivity contribution in [3.05, 3.63) is 29.8 Å². The lowest BCUT2D eigenvalue weighted by Gasteiger charge is -2.11. The van der Waals surface area contributed by atoms with Crippen LogP contribution in [0.25, 0.3) is 0 Å². The van der Waals surface area contributed by atoms with E-state index in [2.05, 4.69) is 5.32 Å². The number of carbonyl (C=O) groups is 1. The van der Waals surface area contributed by atoms with E-state index in [0.717, 1.165) is 0 Å². The first-order valence-electron chi connectivity index (χ1n) is 4.47. The molecule has 1 atom stereocenters. The van der Waals surface area contributed by atoms with Gasteiger partial charge in [-0.15, -0.1) is 12.4 Å². The lowest BCUT2D eigenvalue weighted by atomic mass is 10.1. The lowest BCUT2D eigenvalue weighted by molar-refractivity contribution is -0.139. The van der Waals surface area contributed by atoms with Gasteiger partial charge in [0, 0.05) is 12.1 Å². The Labute approximate surface area is 93.7 Å². The summed E-state index contributed by atoms with van der Waals surface area (Å²) in [7, 11) is 0. The first-order valence-corrected chi connectivity index (χ1v) is 4.47. The Morgan fingerprint density at radius 1 is 1.47 bits per heavy atom. The maximum absolute atomic E-state index is 11.0. The highest BCUT2D eigenvalue weighted by Gasteiger charge is 2.24. The number of aliphatic carboxylic acids is 1. The number of carboxylic acid groups (broad SMARTS) is 1. The van der Waals surface area contributed by atoms with E-state index in [1.165, 1.54) is 0 Å². The molecule has 0 aromatic heterocycles. The highest BCUT2D eigenvalue weighted by Crippen LogP contribution is 2.26. The average Bonchev–Trinajstić information content (AvgIpc) is 2.39. The van der Waals surface area contributed by atoms with Gasteiger partial charge >= 0.3 is 5.97 Å². The molecule has 0 fully saturated rings. The summed E-state index contributed by atoms with van der Waals surface area (Å²) in [5.74, 6) is -0.215. The average molecular weight is 230 g/mol. The van der Waals surface area contributed by atoms with E-state index in [4.69, 9.17) is 9.84 Å². The van der Waals surface area contributed by atoms with E-state index in [9.17, 15) is 4.79 Å². The molecule has 4 nitrogen and oxygen atoms in total. The van der Waals surface area contributed by atoms with Gasteiger partial charge in [0.1, 0.15) is 18.4 Å². The predicted molar refractivity (Wildman–Crippen MR) is 57.6 cm³/mol. The fourth-order valence-electron chi connectivity index (χ4n) is 1.55. The third kappa shape index (κ3) is 2.40. The van der Waals surface area contributed by atoms with E-state index < -0.39 is 12.0 Å². The Morgan fingerprint density at radius 3 is 2.93 bits per heavy atom. The first-order chi connectivity index (χ1) is 6.79. The molecule has 0 radical (unpaired) electrons. The molecule has 1 aromatic carbocycles. The number of benzene rings is 1. The molecule has 82 valence electrons. The normalized spacial score (nSPS) is 19.1. The second-order valence-electron chi connectivity index (χ2n) is 3.11. The standard InChI is InChI=1S/C10H11NO3.ClH/c12-10(13)9-7-3-1-2-4-8(7)14-6-5-11-9;/h1-4,9,11H,5-6H2,(H,12,13);1H. The van der Waals surface area contributed by atoms with Crippen LogP contribution in [-0.4, -0.2) is 24.2 Å². The summed E-state index contributed by atoms with van der Waals surface area (Å²) in [5.41, 5.74) is 0.692. The van der Waals surface area contributed by atoms with Crippen molar-refractivity contribution in [2.24, 2.45) is 0 Å². The fourth-order valence-corrected chi connectivity index (χ4v) is 1.55. The summed E-state index contributed by atoms with van der Waals surface area (Å²) in [6.07, 6.45) is 0. The van der Waals surface area contributed by atoms with Gasteiger partial charge < -0.3 is 9.84 Å². The number of fused-ring (bicyclic) bond motifs is 1. The molecular weight excluding hydrogens is 218 g/mol. The van der Waals surface area contributed by atoms with Crippen molar-refractivity contribution in [1.82, 2.24) is 5.32 Å². The number of carboxylic acids is 1. The zero-order valence-corrected chi connectivity index (χ0v) is 8.79. The number of hydrogen-bond donors (Lipinski definition) is 2. The van der Waals surface area contributed by atoms with Crippen LogP contribution in [-0.2, 0) is 4.79 Å². The third-order valence-corrected chi connectivity index (χ3v) is 2.19.